The SMILES string of the molecule is O=C(COc1ccc2c(c1)CCCC2)N[C@@H]1C[C@@H]2CC[C@@H]1C2. The van der Waals surface area contributed by atoms with Crippen molar-refractivity contribution < 1.29 is 9.53 Å². The maximum atomic E-state index is 12.1. The van der Waals surface area contributed by atoms with Crippen LogP contribution in [0.3, 0.4) is 0 Å². The highest BCUT2D eigenvalue weighted by atomic mass is 16.5. The van der Waals surface area contributed by atoms with Crippen LogP contribution >= 0.6 is 0 Å². The number of amides is 1. The van der Waals surface area contributed by atoms with Crippen molar-refractivity contribution in [1.29, 1.82) is 0 Å². The first-order valence-electron chi connectivity index (χ1n) is 8.82. The van der Waals surface area contributed by atoms with Gasteiger partial charge in [-0.3, -0.25) is 4.79 Å². The van der Waals surface area contributed by atoms with Crippen molar-refractivity contribution in [2.75, 3.05) is 6.61 Å². The predicted octanol–water partition coefficient (Wildman–Crippen LogP) is 3.25. The Bertz CT molecular complexity index is 569. The van der Waals surface area contributed by atoms with E-state index in [1.165, 1.54) is 56.1 Å². The number of hydrogen-bond acceptors (Lipinski definition) is 2. The Balaban J connectivity index is 1.30. The number of carbonyl (C=O) groups excluding carboxylic acids is 1. The lowest BCUT2D eigenvalue weighted by atomic mass is 9.92. The summed E-state index contributed by atoms with van der Waals surface area (Å²) in [6.07, 6.45) is 10.0. The van der Waals surface area contributed by atoms with Gasteiger partial charge in [-0.2, -0.15) is 0 Å². The zero-order chi connectivity index (χ0) is 14.9. The molecule has 2 bridgehead atoms. The molecular formula is C19H25NO2. The molecule has 22 heavy (non-hydrogen) atoms. The number of hydrogen-bond donors (Lipinski definition) is 1. The van der Waals surface area contributed by atoms with Crippen LogP contribution in [0.1, 0.15) is 49.7 Å². The molecule has 1 aromatic carbocycles. The molecule has 0 radical (unpaired) electrons. The van der Waals surface area contributed by atoms with Crippen LogP contribution in [-0.2, 0) is 17.6 Å². The third kappa shape index (κ3) is 2.86. The van der Waals surface area contributed by atoms with Gasteiger partial charge in [-0.15, -0.1) is 0 Å². The lowest BCUT2D eigenvalue weighted by Crippen LogP contribution is -2.40. The van der Waals surface area contributed by atoms with Crippen molar-refractivity contribution in [3.63, 3.8) is 0 Å². The molecule has 0 spiro atoms. The van der Waals surface area contributed by atoms with Gasteiger partial charge in [0.1, 0.15) is 5.75 Å². The highest BCUT2D eigenvalue weighted by molar-refractivity contribution is 5.78. The Kier molecular flexibility index (Phi) is 3.81. The summed E-state index contributed by atoms with van der Waals surface area (Å²) in [5.41, 5.74) is 2.85. The Morgan fingerprint density at radius 1 is 1.14 bits per heavy atom. The highest BCUT2D eigenvalue weighted by Gasteiger charge is 2.40. The number of aryl methyl sites for hydroxylation is 2. The normalized spacial score (nSPS) is 29.2. The second-order valence-corrected chi connectivity index (χ2v) is 7.28. The van der Waals surface area contributed by atoms with E-state index in [4.69, 9.17) is 4.74 Å². The second kappa shape index (κ2) is 5.94. The molecule has 0 heterocycles. The van der Waals surface area contributed by atoms with Crippen LogP contribution in [0, 0.1) is 11.8 Å². The number of carbonyl (C=O) groups is 1. The first-order valence-corrected chi connectivity index (χ1v) is 8.82. The van der Waals surface area contributed by atoms with Crippen LogP contribution in [0.25, 0.3) is 0 Å². The topological polar surface area (TPSA) is 38.3 Å². The van der Waals surface area contributed by atoms with E-state index in [-0.39, 0.29) is 12.5 Å². The summed E-state index contributed by atoms with van der Waals surface area (Å²) < 4.78 is 5.71. The molecular weight excluding hydrogens is 274 g/mol. The fourth-order valence-corrected chi connectivity index (χ4v) is 4.62. The fourth-order valence-electron chi connectivity index (χ4n) is 4.62. The number of rotatable bonds is 4. The van der Waals surface area contributed by atoms with Crippen LogP contribution < -0.4 is 10.1 Å². The third-order valence-corrected chi connectivity index (χ3v) is 5.77. The van der Waals surface area contributed by atoms with E-state index in [1.807, 2.05) is 6.07 Å². The first kappa shape index (κ1) is 14.1. The average Bonchev–Trinajstić information content (AvgIpc) is 3.15. The zero-order valence-corrected chi connectivity index (χ0v) is 13.1. The lowest BCUT2D eigenvalue weighted by Gasteiger charge is -2.23. The van der Waals surface area contributed by atoms with Crippen LogP contribution in [-0.4, -0.2) is 18.6 Å². The summed E-state index contributed by atoms with van der Waals surface area (Å²) >= 11 is 0. The molecule has 3 aliphatic carbocycles. The molecule has 3 atom stereocenters. The van der Waals surface area contributed by atoms with Gasteiger partial charge in [-0.25, -0.2) is 0 Å². The van der Waals surface area contributed by atoms with Crippen molar-refractivity contribution in [2.45, 2.75) is 57.4 Å². The van der Waals surface area contributed by atoms with Crippen LogP contribution in [0.4, 0.5) is 0 Å². The third-order valence-electron chi connectivity index (χ3n) is 5.77. The minimum absolute atomic E-state index is 0.0373. The second-order valence-electron chi connectivity index (χ2n) is 7.28. The maximum Gasteiger partial charge on any atom is 0.258 e. The summed E-state index contributed by atoms with van der Waals surface area (Å²) in [6.45, 7) is 0.146. The summed E-state index contributed by atoms with van der Waals surface area (Å²) in [5, 5.41) is 3.18. The van der Waals surface area contributed by atoms with Crippen molar-refractivity contribution in [3.8, 4) is 5.75 Å². The van der Waals surface area contributed by atoms with Gasteiger partial charge in [0.15, 0.2) is 6.61 Å². The molecule has 0 saturated heterocycles. The Morgan fingerprint density at radius 2 is 2.00 bits per heavy atom. The van der Waals surface area contributed by atoms with E-state index in [1.54, 1.807) is 0 Å². The molecule has 1 N–H and O–H groups in total. The average molecular weight is 299 g/mol. The van der Waals surface area contributed by atoms with Crippen LogP contribution in [0.15, 0.2) is 18.2 Å². The van der Waals surface area contributed by atoms with Gasteiger partial charge in [-0.05, 0) is 80.0 Å². The van der Waals surface area contributed by atoms with E-state index < -0.39 is 0 Å². The van der Waals surface area contributed by atoms with Gasteiger partial charge in [0.2, 0.25) is 0 Å². The number of benzene rings is 1. The van der Waals surface area contributed by atoms with E-state index in [0.717, 1.165) is 24.0 Å². The molecule has 3 heteroatoms. The number of ether oxygens (including phenoxy) is 1. The summed E-state index contributed by atoms with van der Waals surface area (Å²) in [7, 11) is 0. The summed E-state index contributed by atoms with van der Waals surface area (Å²) in [4.78, 5) is 12.1. The zero-order valence-electron chi connectivity index (χ0n) is 13.1. The molecule has 0 aliphatic heterocycles. The monoisotopic (exact) mass is 299 g/mol. The van der Waals surface area contributed by atoms with Crippen molar-refractivity contribution in [3.05, 3.63) is 29.3 Å². The number of nitrogens with one attached hydrogen (secondary N) is 1. The highest BCUT2D eigenvalue weighted by Crippen LogP contribution is 2.44. The molecule has 118 valence electrons. The minimum atomic E-state index is 0.0373. The number of fused-ring (bicyclic) bond motifs is 3. The van der Waals surface area contributed by atoms with Crippen molar-refractivity contribution >= 4 is 5.91 Å². The van der Waals surface area contributed by atoms with Crippen molar-refractivity contribution in [1.82, 2.24) is 5.32 Å². The van der Waals surface area contributed by atoms with E-state index in [2.05, 4.69) is 17.4 Å². The van der Waals surface area contributed by atoms with E-state index >= 15 is 0 Å². The Morgan fingerprint density at radius 3 is 2.77 bits per heavy atom. The minimum Gasteiger partial charge on any atom is -0.484 e. The van der Waals surface area contributed by atoms with Crippen LogP contribution in [0.5, 0.6) is 5.75 Å². The summed E-state index contributed by atoms with van der Waals surface area (Å²) in [6, 6.07) is 6.70. The van der Waals surface area contributed by atoms with Gasteiger partial charge in [0.25, 0.3) is 5.91 Å². The molecule has 4 rings (SSSR count). The van der Waals surface area contributed by atoms with Gasteiger partial charge >= 0.3 is 0 Å². The van der Waals surface area contributed by atoms with Gasteiger partial charge < -0.3 is 10.1 Å². The van der Waals surface area contributed by atoms with Gasteiger partial charge in [-0.1, -0.05) is 12.5 Å². The van der Waals surface area contributed by atoms with E-state index in [9.17, 15) is 4.79 Å². The van der Waals surface area contributed by atoms with E-state index in [0.29, 0.717) is 6.04 Å². The van der Waals surface area contributed by atoms with Crippen LogP contribution in [0.2, 0.25) is 0 Å². The summed E-state index contributed by atoms with van der Waals surface area (Å²) in [5.74, 6) is 2.45. The van der Waals surface area contributed by atoms with Gasteiger partial charge in [0.05, 0.1) is 0 Å². The smallest absolute Gasteiger partial charge is 0.258 e. The maximum absolute atomic E-state index is 12.1. The molecule has 1 amide bonds. The molecule has 0 unspecified atom stereocenters. The standard InChI is InChI=1S/C19H25NO2/c21-19(20-18-10-13-5-6-16(18)9-13)12-22-17-8-7-14-3-1-2-4-15(14)11-17/h7-8,11,13,16,18H,1-6,9-10,12H2,(H,20,21)/t13-,16-,18-/m1/s1. The molecule has 0 aromatic heterocycles. The van der Waals surface area contributed by atoms with Gasteiger partial charge in [0, 0.05) is 6.04 Å². The molecule has 3 aliphatic rings. The molecule has 2 saturated carbocycles. The molecule has 1 aromatic rings. The molecule has 2 fully saturated rings. The fraction of sp³-hybridized carbons (Fsp3) is 0.632. The van der Waals surface area contributed by atoms with Crippen molar-refractivity contribution in [2.24, 2.45) is 11.8 Å². The quantitative estimate of drug-likeness (QED) is 0.927. The lowest BCUT2D eigenvalue weighted by molar-refractivity contribution is -0.124. The first-order chi connectivity index (χ1) is 10.8. The largest absolute Gasteiger partial charge is 0.484 e. The Hall–Kier alpha value is -1.51. The molecule has 3 nitrogen and oxygen atoms in total. The Labute approximate surface area is 132 Å². The predicted molar refractivity (Wildman–Crippen MR) is 86.0 cm³/mol.